The topological polar surface area (TPSA) is 59.1 Å². The van der Waals surface area contributed by atoms with E-state index in [1.807, 2.05) is 0 Å². The fourth-order valence-electron chi connectivity index (χ4n) is 2.19. The number of ketones is 1. The first-order valence-corrected chi connectivity index (χ1v) is 7.02. The smallest absolute Gasteiger partial charge is 0.414 e. The highest BCUT2D eigenvalue weighted by Crippen LogP contribution is 2.29. The molecule has 0 aromatic heterocycles. The summed E-state index contributed by atoms with van der Waals surface area (Å²) in [5, 5.41) is 0. The van der Waals surface area contributed by atoms with E-state index >= 15 is 4.39 Å². The Bertz CT molecular complexity index is 996. The number of hydrogen-bond acceptors (Lipinski definition) is 5. The molecule has 2 aliphatic rings. The Hall–Kier alpha value is -2.15. The summed E-state index contributed by atoms with van der Waals surface area (Å²) in [6.45, 7) is -12.7. The number of nitrogens with zero attached hydrogens (tertiary/aromatic N) is 2. The Labute approximate surface area is 154 Å². The summed E-state index contributed by atoms with van der Waals surface area (Å²) in [7, 11) is 0. The fourth-order valence-corrected chi connectivity index (χ4v) is 2.19. The molecule has 3 rings (SSSR count). The van der Waals surface area contributed by atoms with E-state index in [0.717, 1.165) is 17.0 Å². The lowest BCUT2D eigenvalue weighted by Crippen LogP contribution is -2.36. The molecule has 7 heteroatoms. The summed E-state index contributed by atoms with van der Waals surface area (Å²) in [6, 6.07) is 2.60. The molecule has 2 aliphatic heterocycles. The van der Waals surface area contributed by atoms with Crippen LogP contribution in [-0.4, -0.2) is 50.6 Å². The molecule has 2 saturated heterocycles. The van der Waals surface area contributed by atoms with Crippen LogP contribution in [-0.2, 0) is 14.3 Å². The lowest BCUT2D eigenvalue weighted by molar-refractivity contribution is -0.117. The number of amides is 1. The summed E-state index contributed by atoms with van der Waals surface area (Å²) in [4.78, 5) is 24.4. The number of morpholine rings is 1. The van der Waals surface area contributed by atoms with Crippen LogP contribution < -0.4 is 9.80 Å². The molecule has 2 fully saturated rings. The van der Waals surface area contributed by atoms with E-state index in [-0.39, 0.29) is 17.1 Å². The summed E-state index contributed by atoms with van der Waals surface area (Å²) >= 11 is 0. The molecule has 2 heterocycles. The van der Waals surface area contributed by atoms with E-state index in [4.69, 9.17) is 18.4 Å². The first-order chi connectivity index (χ1) is 15.2. The van der Waals surface area contributed by atoms with Gasteiger partial charge in [-0.3, -0.25) is 4.90 Å². The third-order valence-electron chi connectivity index (χ3n) is 3.29. The standard InChI is InChI=1S/C17H21FN2O4/c1-12(21)2-4-14-11-20(17(22)24-14)13-3-5-16(15(18)10-13)19-6-8-23-9-7-19/h3,5,10,14H,2,4,6-9,11H2,1H3/t14-/m0/s1/i4D2,6D2,7D2,8D2,9D2. The maximum Gasteiger partial charge on any atom is 0.414 e. The Morgan fingerprint density at radius 3 is 2.88 bits per heavy atom. The quantitative estimate of drug-likeness (QED) is 0.819. The number of carbonyl (C=O) groups is 2. The molecule has 1 aromatic rings. The second-order valence-corrected chi connectivity index (χ2v) is 5.07. The van der Waals surface area contributed by atoms with Gasteiger partial charge in [0.15, 0.2) is 0 Å². The predicted octanol–water partition coefficient (Wildman–Crippen LogP) is 2.36. The molecule has 6 nitrogen and oxygen atoms in total. The molecule has 0 spiro atoms. The molecular weight excluding hydrogens is 315 g/mol. The molecule has 1 atom stereocenters. The first-order valence-electron chi connectivity index (χ1n) is 12.0. The van der Waals surface area contributed by atoms with Crippen molar-refractivity contribution in [2.24, 2.45) is 0 Å². The molecule has 0 aliphatic carbocycles. The molecule has 0 unspecified atom stereocenters. The van der Waals surface area contributed by atoms with Crippen molar-refractivity contribution in [1.29, 1.82) is 0 Å². The number of benzene rings is 1. The highest BCUT2D eigenvalue weighted by Gasteiger charge is 2.32. The van der Waals surface area contributed by atoms with Crippen molar-refractivity contribution in [1.82, 2.24) is 0 Å². The maximum absolute atomic E-state index is 15.2. The van der Waals surface area contributed by atoms with Crippen LogP contribution in [0.4, 0.5) is 20.6 Å². The van der Waals surface area contributed by atoms with E-state index in [2.05, 4.69) is 4.74 Å². The van der Waals surface area contributed by atoms with Crippen LogP contribution in [0.25, 0.3) is 0 Å². The summed E-state index contributed by atoms with van der Waals surface area (Å²) in [5.74, 6) is -1.79. The second-order valence-electron chi connectivity index (χ2n) is 5.07. The van der Waals surface area contributed by atoms with Gasteiger partial charge in [-0.05, 0) is 31.5 Å². The van der Waals surface area contributed by atoms with Gasteiger partial charge in [0.2, 0.25) is 0 Å². The lowest BCUT2D eigenvalue weighted by Gasteiger charge is -2.29. The van der Waals surface area contributed by atoms with Crippen LogP contribution in [0.1, 0.15) is 33.4 Å². The number of anilines is 2. The molecule has 24 heavy (non-hydrogen) atoms. The zero-order valence-corrected chi connectivity index (χ0v) is 12.6. The minimum absolute atomic E-state index is 0.0286. The van der Waals surface area contributed by atoms with Gasteiger partial charge in [0.05, 0.1) is 42.0 Å². The van der Waals surface area contributed by atoms with Crippen LogP contribution in [0.15, 0.2) is 18.2 Å². The van der Waals surface area contributed by atoms with Crippen LogP contribution in [0, 0.1) is 5.82 Å². The molecule has 0 saturated carbocycles. The van der Waals surface area contributed by atoms with Gasteiger partial charge in [0.25, 0.3) is 0 Å². The van der Waals surface area contributed by atoms with Crippen molar-refractivity contribution in [3.05, 3.63) is 24.0 Å². The first kappa shape index (κ1) is 8.29. The highest BCUT2D eigenvalue weighted by atomic mass is 19.1. The number of cyclic esters (lactones) is 1. The normalized spacial score (nSPS) is 36.2. The Morgan fingerprint density at radius 1 is 1.46 bits per heavy atom. The SMILES string of the molecule is [2H]C([2H])(CC(C)=O)[C@H]1CN(c2ccc(N3C([2H])([2H])C([2H])([2H])OC([2H])([2H])C3([2H])[2H])c(F)c2)C(=O)O1. The van der Waals surface area contributed by atoms with Gasteiger partial charge in [0.1, 0.15) is 17.7 Å². The van der Waals surface area contributed by atoms with E-state index in [9.17, 15) is 9.59 Å². The van der Waals surface area contributed by atoms with Crippen LogP contribution in [0.3, 0.4) is 0 Å². The van der Waals surface area contributed by atoms with Crippen molar-refractivity contribution < 1.29 is 37.2 Å². The second kappa shape index (κ2) is 7.17. The van der Waals surface area contributed by atoms with Crippen molar-refractivity contribution in [3.8, 4) is 0 Å². The molecule has 0 bridgehead atoms. The van der Waals surface area contributed by atoms with Crippen LogP contribution in [0.2, 0.25) is 0 Å². The Balaban J connectivity index is 1.98. The van der Waals surface area contributed by atoms with E-state index < -0.39 is 68.4 Å². The van der Waals surface area contributed by atoms with Crippen LogP contribution >= 0.6 is 0 Å². The molecular formula is C17H21FN2O4. The van der Waals surface area contributed by atoms with E-state index in [0.29, 0.717) is 6.07 Å². The third-order valence-corrected chi connectivity index (χ3v) is 3.29. The zero-order chi connectivity index (χ0) is 26.1. The van der Waals surface area contributed by atoms with Gasteiger partial charge in [-0.1, -0.05) is 0 Å². The van der Waals surface area contributed by atoms with E-state index in [1.165, 1.54) is 6.92 Å². The van der Waals surface area contributed by atoms with Gasteiger partial charge in [0, 0.05) is 22.2 Å². The van der Waals surface area contributed by atoms with Gasteiger partial charge >= 0.3 is 6.09 Å². The average molecular weight is 346 g/mol. The van der Waals surface area contributed by atoms with Gasteiger partial charge < -0.3 is 19.2 Å². The molecule has 1 amide bonds. The van der Waals surface area contributed by atoms with E-state index in [1.54, 1.807) is 0 Å². The largest absolute Gasteiger partial charge is 0.444 e. The minimum Gasteiger partial charge on any atom is -0.444 e. The van der Waals surface area contributed by atoms with Gasteiger partial charge in [-0.2, -0.15) is 0 Å². The minimum atomic E-state index is -3.37. The maximum atomic E-state index is 15.2. The Kier molecular flexibility index (Phi) is 2.48. The Morgan fingerprint density at radius 2 is 2.21 bits per heavy atom. The number of rotatable bonds is 5. The van der Waals surface area contributed by atoms with Gasteiger partial charge in [-0.15, -0.1) is 0 Å². The summed E-state index contributed by atoms with van der Waals surface area (Å²) in [5.41, 5.74) is -1.00. The molecule has 1 aromatic carbocycles. The summed E-state index contributed by atoms with van der Waals surface area (Å²) < 4.78 is 103. The number of hydrogen-bond donors (Lipinski definition) is 0. The van der Waals surface area contributed by atoms with Crippen molar-refractivity contribution in [3.63, 3.8) is 0 Å². The molecule has 130 valence electrons. The predicted molar refractivity (Wildman–Crippen MR) is 87.0 cm³/mol. The van der Waals surface area contributed by atoms with Gasteiger partial charge in [-0.25, -0.2) is 9.18 Å². The van der Waals surface area contributed by atoms with Crippen molar-refractivity contribution >= 4 is 23.3 Å². The number of halogens is 1. The summed E-state index contributed by atoms with van der Waals surface area (Å²) in [6.07, 6.45) is -5.08. The number of carbonyl (C=O) groups excluding carboxylic acids is 2. The average Bonchev–Trinajstić information content (AvgIpc) is 3.02. The van der Waals surface area contributed by atoms with Crippen LogP contribution in [0.5, 0.6) is 0 Å². The fraction of sp³-hybridized carbons (Fsp3) is 0.529. The number of ether oxygens (including phenoxy) is 2. The zero-order valence-electron chi connectivity index (χ0n) is 22.6. The lowest BCUT2D eigenvalue weighted by atomic mass is 10.1. The van der Waals surface area contributed by atoms with Crippen molar-refractivity contribution in [2.75, 3.05) is 42.5 Å². The highest BCUT2D eigenvalue weighted by molar-refractivity contribution is 5.90. The monoisotopic (exact) mass is 346 g/mol. The van der Waals surface area contributed by atoms with Crippen molar-refractivity contribution in [2.45, 2.75) is 25.8 Å². The molecule has 0 N–H and O–H groups in total. The number of Topliss-reactive ketones (excluding diaryl/α,β-unsaturated/α-hetero) is 1. The third kappa shape index (κ3) is 3.67. The molecule has 0 radical (unpaired) electrons.